The Morgan fingerprint density at radius 3 is 2.70 bits per heavy atom. The first kappa shape index (κ1) is 18.3. The van der Waals surface area contributed by atoms with Gasteiger partial charge in [0.1, 0.15) is 5.25 Å². The fourth-order valence-electron chi connectivity index (χ4n) is 2.11. The van der Waals surface area contributed by atoms with E-state index in [-0.39, 0.29) is 5.03 Å². The Hall–Kier alpha value is -3.53. The van der Waals surface area contributed by atoms with Gasteiger partial charge in [0.25, 0.3) is 11.5 Å². The Balaban J connectivity index is 1.81. The normalized spacial score (nSPS) is 12.0. The van der Waals surface area contributed by atoms with Crippen LogP contribution in [0.25, 0.3) is 0 Å². The van der Waals surface area contributed by atoms with Crippen LogP contribution in [0.15, 0.2) is 74.6 Å². The lowest BCUT2D eigenvalue weighted by Crippen LogP contribution is -2.28. The molecular weight excluding hydrogens is 368 g/mol. The Labute approximate surface area is 157 Å². The summed E-state index contributed by atoms with van der Waals surface area (Å²) in [7, 11) is 0. The second-order valence-electron chi connectivity index (χ2n) is 5.24. The number of aromatic nitrogens is 4. The van der Waals surface area contributed by atoms with E-state index in [0.717, 1.165) is 17.3 Å². The van der Waals surface area contributed by atoms with E-state index in [9.17, 15) is 14.4 Å². The number of hydrazone groups is 1. The molecule has 3 rings (SSSR count). The maximum Gasteiger partial charge on any atom is 0.342 e. The number of carbonyl (C=O) groups excluding carboxylic acids is 1. The van der Waals surface area contributed by atoms with Crippen molar-refractivity contribution >= 4 is 23.9 Å². The molecule has 1 aromatic carbocycles. The maximum atomic E-state index is 12.6. The van der Waals surface area contributed by atoms with Crippen molar-refractivity contribution in [2.45, 2.75) is 10.3 Å². The summed E-state index contributed by atoms with van der Waals surface area (Å²) in [5.41, 5.74) is 2.44. The van der Waals surface area contributed by atoms with Crippen molar-refractivity contribution in [2.75, 3.05) is 0 Å². The zero-order valence-corrected chi connectivity index (χ0v) is 14.6. The molecule has 0 bridgehead atoms. The molecule has 27 heavy (non-hydrogen) atoms. The van der Waals surface area contributed by atoms with Crippen LogP contribution in [0, 0.1) is 0 Å². The summed E-state index contributed by atoms with van der Waals surface area (Å²) in [4.78, 5) is 41.7. The van der Waals surface area contributed by atoms with Gasteiger partial charge in [-0.05, 0) is 11.6 Å². The second kappa shape index (κ2) is 8.72. The third-order valence-electron chi connectivity index (χ3n) is 3.32. The van der Waals surface area contributed by atoms with Crippen LogP contribution in [0.2, 0.25) is 0 Å². The molecule has 9 nitrogen and oxygen atoms in total. The van der Waals surface area contributed by atoms with E-state index in [2.05, 4.69) is 30.7 Å². The maximum absolute atomic E-state index is 12.6. The van der Waals surface area contributed by atoms with E-state index in [1.807, 2.05) is 6.07 Å². The summed E-state index contributed by atoms with van der Waals surface area (Å²) >= 11 is 0.908. The monoisotopic (exact) mass is 382 g/mol. The summed E-state index contributed by atoms with van der Waals surface area (Å²) in [6.07, 6.45) is 4.69. The molecule has 0 saturated carbocycles. The molecule has 2 aromatic heterocycles. The lowest BCUT2D eigenvalue weighted by Gasteiger charge is -2.14. The Morgan fingerprint density at radius 2 is 2.00 bits per heavy atom. The second-order valence-corrected chi connectivity index (χ2v) is 6.33. The van der Waals surface area contributed by atoms with Gasteiger partial charge in [-0.1, -0.05) is 48.2 Å². The van der Waals surface area contributed by atoms with Gasteiger partial charge >= 0.3 is 5.69 Å². The van der Waals surface area contributed by atoms with Gasteiger partial charge in [-0.3, -0.25) is 19.6 Å². The molecule has 0 aliphatic rings. The zero-order chi connectivity index (χ0) is 19.1. The molecule has 0 saturated heterocycles. The highest BCUT2D eigenvalue weighted by Crippen LogP contribution is 2.32. The molecule has 0 radical (unpaired) electrons. The average molecular weight is 382 g/mol. The summed E-state index contributed by atoms with van der Waals surface area (Å²) < 4.78 is 0. The predicted molar refractivity (Wildman–Crippen MR) is 100 cm³/mol. The molecule has 0 aliphatic heterocycles. The van der Waals surface area contributed by atoms with Crippen LogP contribution in [0.5, 0.6) is 0 Å². The van der Waals surface area contributed by atoms with E-state index in [1.165, 1.54) is 6.21 Å². The number of nitrogens with zero attached hydrogens (tertiary/aromatic N) is 3. The fraction of sp³-hybridized carbons (Fsp3) is 0.0588. The first-order chi connectivity index (χ1) is 13.1. The highest BCUT2D eigenvalue weighted by Gasteiger charge is 2.24. The van der Waals surface area contributed by atoms with Crippen LogP contribution in [0.1, 0.15) is 16.4 Å². The van der Waals surface area contributed by atoms with Gasteiger partial charge in [0.05, 0.1) is 6.21 Å². The van der Waals surface area contributed by atoms with Crippen molar-refractivity contribution in [1.82, 2.24) is 25.6 Å². The molecule has 2 heterocycles. The summed E-state index contributed by atoms with van der Waals surface area (Å²) in [6.45, 7) is 0. The first-order valence-corrected chi connectivity index (χ1v) is 8.65. The molecule has 1 atom stereocenters. The van der Waals surface area contributed by atoms with Gasteiger partial charge in [-0.15, -0.1) is 0 Å². The summed E-state index contributed by atoms with van der Waals surface area (Å²) in [5, 5.41) is 8.96. The number of amides is 1. The van der Waals surface area contributed by atoms with E-state index >= 15 is 0 Å². The number of carbonyl (C=O) groups is 1. The third-order valence-corrected chi connectivity index (χ3v) is 4.54. The number of nitrogens with one attached hydrogen (secondary N) is 3. The number of pyridine rings is 1. The number of H-pyrrole nitrogens is 2. The lowest BCUT2D eigenvalue weighted by atomic mass is 10.1. The Bertz CT molecular complexity index is 1050. The van der Waals surface area contributed by atoms with Crippen LogP contribution >= 0.6 is 11.8 Å². The lowest BCUT2D eigenvalue weighted by molar-refractivity contribution is -0.120. The number of hydrogen-bond acceptors (Lipinski definition) is 7. The van der Waals surface area contributed by atoms with Crippen LogP contribution in [0.4, 0.5) is 0 Å². The number of benzene rings is 1. The average Bonchev–Trinajstić information content (AvgIpc) is 2.69. The highest BCUT2D eigenvalue weighted by atomic mass is 32.2. The van der Waals surface area contributed by atoms with Crippen LogP contribution < -0.4 is 16.7 Å². The van der Waals surface area contributed by atoms with Gasteiger partial charge in [0.15, 0.2) is 5.03 Å². The SMILES string of the molecule is O=C(N/N=C\c1cccnc1)C(Sc1n[nH]c(=O)[nH]c1=O)c1ccccc1. The minimum absolute atomic E-state index is 0.0326. The van der Waals surface area contributed by atoms with E-state index in [0.29, 0.717) is 5.56 Å². The molecule has 0 spiro atoms. The Kier molecular flexibility index (Phi) is 5.90. The largest absolute Gasteiger partial charge is 0.342 e. The zero-order valence-electron chi connectivity index (χ0n) is 13.8. The summed E-state index contributed by atoms with van der Waals surface area (Å²) in [6, 6.07) is 12.4. The molecule has 0 aliphatic carbocycles. The van der Waals surface area contributed by atoms with Crippen molar-refractivity contribution in [3.8, 4) is 0 Å². The third kappa shape index (κ3) is 4.98. The Morgan fingerprint density at radius 1 is 1.19 bits per heavy atom. The van der Waals surface area contributed by atoms with E-state index < -0.39 is 22.4 Å². The number of rotatable bonds is 6. The fourth-order valence-corrected chi connectivity index (χ4v) is 3.04. The van der Waals surface area contributed by atoms with E-state index in [4.69, 9.17) is 0 Å². The van der Waals surface area contributed by atoms with Crippen molar-refractivity contribution in [1.29, 1.82) is 0 Å². The molecule has 1 amide bonds. The quantitative estimate of drug-likeness (QED) is 0.329. The van der Waals surface area contributed by atoms with Crippen LogP contribution in [0.3, 0.4) is 0 Å². The predicted octanol–water partition coefficient (Wildman–Crippen LogP) is 0.837. The molecule has 3 N–H and O–H groups in total. The summed E-state index contributed by atoms with van der Waals surface area (Å²) in [5.74, 6) is -0.446. The van der Waals surface area contributed by atoms with Gasteiger partial charge < -0.3 is 0 Å². The molecule has 0 fully saturated rings. The minimum atomic E-state index is -0.795. The topological polar surface area (TPSA) is 133 Å². The van der Waals surface area contributed by atoms with E-state index in [1.54, 1.807) is 48.8 Å². The molecule has 1 unspecified atom stereocenters. The van der Waals surface area contributed by atoms with Gasteiger partial charge in [-0.2, -0.15) is 10.2 Å². The minimum Gasteiger partial charge on any atom is -0.271 e. The van der Waals surface area contributed by atoms with Gasteiger partial charge in [0.2, 0.25) is 0 Å². The number of hydrogen-bond donors (Lipinski definition) is 3. The highest BCUT2D eigenvalue weighted by molar-refractivity contribution is 8.00. The van der Waals surface area contributed by atoms with Gasteiger partial charge in [-0.25, -0.2) is 15.3 Å². The standard InChI is InChI=1S/C17H14N6O3S/c24-14(21-19-10-11-5-4-8-18-9-11)13(12-6-2-1-3-7-12)27-16-15(25)20-17(26)23-22-16/h1-10,13H,(H,21,24)(H2,20,23,25,26)/b19-10-. The molecule has 136 valence electrons. The van der Waals surface area contributed by atoms with Crippen molar-refractivity contribution < 1.29 is 4.79 Å². The molecular formula is C17H14N6O3S. The first-order valence-electron chi connectivity index (χ1n) is 7.77. The van der Waals surface area contributed by atoms with Crippen LogP contribution in [-0.2, 0) is 4.79 Å². The van der Waals surface area contributed by atoms with Crippen molar-refractivity contribution in [2.24, 2.45) is 5.10 Å². The smallest absolute Gasteiger partial charge is 0.271 e. The number of thioether (sulfide) groups is 1. The van der Waals surface area contributed by atoms with Crippen molar-refractivity contribution in [3.63, 3.8) is 0 Å². The number of aromatic amines is 2. The van der Waals surface area contributed by atoms with Gasteiger partial charge in [0, 0.05) is 18.0 Å². The molecule has 10 heteroatoms. The van der Waals surface area contributed by atoms with Crippen molar-refractivity contribution in [3.05, 3.63) is 86.8 Å². The molecule has 3 aromatic rings. The van der Waals surface area contributed by atoms with Crippen LogP contribution in [-0.4, -0.2) is 32.3 Å².